The van der Waals surface area contributed by atoms with E-state index in [0.717, 1.165) is 11.3 Å². The lowest BCUT2D eigenvalue weighted by Crippen LogP contribution is -2.09. The zero-order valence-electron chi connectivity index (χ0n) is 13.3. The van der Waals surface area contributed by atoms with Crippen molar-refractivity contribution in [2.45, 2.75) is 31.7 Å². The van der Waals surface area contributed by atoms with E-state index in [4.69, 9.17) is 4.74 Å². The van der Waals surface area contributed by atoms with Gasteiger partial charge in [-0.15, -0.1) is 0 Å². The molecule has 0 radical (unpaired) electrons. The van der Waals surface area contributed by atoms with Crippen LogP contribution in [0.3, 0.4) is 0 Å². The summed E-state index contributed by atoms with van der Waals surface area (Å²) < 4.78 is 34.6. The van der Waals surface area contributed by atoms with E-state index in [9.17, 15) is 13.9 Å². The number of halogens is 3. The first-order chi connectivity index (χ1) is 12.0. The van der Waals surface area contributed by atoms with Gasteiger partial charge >= 0.3 is 0 Å². The number of pyridine rings is 1. The quantitative estimate of drug-likeness (QED) is 0.693. The van der Waals surface area contributed by atoms with Crippen LogP contribution in [-0.2, 0) is 0 Å². The van der Waals surface area contributed by atoms with E-state index in [-0.39, 0.29) is 5.92 Å². The molecular formula is C18H15BrF2N2O2. The number of fused-ring (bicyclic) bond motifs is 3. The van der Waals surface area contributed by atoms with E-state index >= 15 is 0 Å². The minimum atomic E-state index is -1.45. The zero-order valence-corrected chi connectivity index (χ0v) is 14.9. The van der Waals surface area contributed by atoms with Crippen LogP contribution in [0.1, 0.15) is 42.3 Å². The van der Waals surface area contributed by atoms with Gasteiger partial charge in [-0.3, -0.25) is 0 Å². The first kappa shape index (κ1) is 16.5. The Balaban J connectivity index is 1.90. The summed E-state index contributed by atoms with van der Waals surface area (Å²) in [5, 5.41) is 10.4. The van der Waals surface area contributed by atoms with Crippen LogP contribution in [0.4, 0.5) is 8.78 Å². The first-order valence-electron chi connectivity index (χ1n) is 7.90. The number of hydrogen-bond acceptors (Lipinski definition) is 3. The van der Waals surface area contributed by atoms with Crippen LogP contribution in [0.5, 0.6) is 5.75 Å². The SMILES string of the molecule is CC(F)Oc1ccccc1C1CC(O)c2nc3cc(F)c(Br)cn3c21. The molecule has 25 heavy (non-hydrogen) atoms. The number of alkyl halides is 1. The molecule has 0 bridgehead atoms. The Bertz CT molecular complexity index is 958. The fourth-order valence-corrected chi connectivity index (χ4v) is 3.76. The van der Waals surface area contributed by atoms with Gasteiger partial charge in [0.25, 0.3) is 0 Å². The molecule has 7 heteroatoms. The van der Waals surface area contributed by atoms with Crippen LogP contribution in [-0.4, -0.2) is 20.8 Å². The number of para-hydroxylation sites is 1. The smallest absolute Gasteiger partial charge is 0.235 e. The molecule has 4 rings (SSSR count). The number of nitrogens with zero attached hydrogens (tertiary/aromatic N) is 2. The second-order valence-corrected chi connectivity index (χ2v) is 6.94. The molecule has 1 aliphatic rings. The van der Waals surface area contributed by atoms with Crippen molar-refractivity contribution in [2.24, 2.45) is 0 Å². The molecule has 2 aromatic heterocycles. The molecule has 1 aromatic carbocycles. The molecule has 0 saturated carbocycles. The van der Waals surface area contributed by atoms with Crippen molar-refractivity contribution in [3.8, 4) is 5.75 Å². The van der Waals surface area contributed by atoms with Crippen LogP contribution >= 0.6 is 15.9 Å². The molecule has 3 aromatic rings. The predicted octanol–water partition coefficient (Wildman–Crippen LogP) is 4.50. The highest BCUT2D eigenvalue weighted by Gasteiger charge is 2.37. The van der Waals surface area contributed by atoms with Gasteiger partial charge in [-0.05, 0) is 28.4 Å². The number of hydrogen-bond donors (Lipinski definition) is 1. The van der Waals surface area contributed by atoms with E-state index in [1.807, 2.05) is 12.1 Å². The van der Waals surface area contributed by atoms with E-state index in [1.54, 1.807) is 22.7 Å². The number of rotatable bonds is 3. The molecule has 0 fully saturated rings. The molecule has 3 unspecified atom stereocenters. The molecule has 2 heterocycles. The molecule has 3 atom stereocenters. The second kappa shape index (κ2) is 6.07. The largest absolute Gasteiger partial charge is 0.460 e. The fourth-order valence-electron chi connectivity index (χ4n) is 3.44. The van der Waals surface area contributed by atoms with Crippen molar-refractivity contribution in [3.63, 3.8) is 0 Å². The summed E-state index contributed by atoms with van der Waals surface area (Å²) in [6.45, 7) is 1.32. The molecule has 4 nitrogen and oxygen atoms in total. The molecule has 0 aliphatic heterocycles. The molecule has 1 N–H and O–H groups in total. The van der Waals surface area contributed by atoms with Gasteiger partial charge < -0.3 is 14.2 Å². The van der Waals surface area contributed by atoms with E-state index < -0.39 is 18.3 Å². The number of aromatic nitrogens is 2. The zero-order chi connectivity index (χ0) is 17.7. The number of imidazole rings is 1. The number of benzene rings is 1. The van der Waals surface area contributed by atoms with Crippen molar-refractivity contribution in [2.75, 3.05) is 0 Å². The third kappa shape index (κ3) is 2.71. The normalized spacial score (nSPS) is 20.7. The highest BCUT2D eigenvalue weighted by Crippen LogP contribution is 2.46. The molecule has 130 valence electrons. The van der Waals surface area contributed by atoms with Gasteiger partial charge in [0.1, 0.15) is 17.2 Å². The summed E-state index contributed by atoms with van der Waals surface area (Å²) >= 11 is 3.19. The number of aliphatic hydroxyl groups excluding tert-OH is 1. The molecule has 0 saturated heterocycles. The molecular weight excluding hydrogens is 394 g/mol. The third-order valence-corrected chi connectivity index (χ3v) is 5.00. The molecule has 1 aliphatic carbocycles. The number of aliphatic hydroxyl groups is 1. The van der Waals surface area contributed by atoms with Crippen molar-refractivity contribution in [1.82, 2.24) is 9.38 Å². The van der Waals surface area contributed by atoms with Gasteiger partial charge in [0.05, 0.1) is 22.0 Å². The lowest BCUT2D eigenvalue weighted by molar-refractivity contribution is 0.0844. The maximum Gasteiger partial charge on any atom is 0.235 e. The minimum absolute atomic E-state index is 0.229. The Kier molecular flexibility index (Phi) is 4.00. The summed E-state index contributed by atoms with van der Waals surface area (Å²) in [6.07, 6.45) is -0.200. The summed E-state index contributed by atoms with van der Waals surface area (Å²) in [5.41, 5.74) is 2.48. The summed E-state index contributed by atoms with van der Waals surface area (Å²) in [7, 11) is 0. The van der Waals surface area contributed by atoms with Gasteiger partial charge in [-0.2, -0.15) is 0 Å². The van der Waals surface area contributed by atoms with Crippen LogP contribution < -0.4 is 4.74 Å². The van der Waals surface area contributed by atoms with Crippen LogP contribution in [0.25, 0.3) is 5.65 Å². The average Bonchev–Trinajstić information content (AvgIpc) is 3.06. The Morgan fingerprint density at radius 1 is 1.40 bits per heavy atom. The Morgan fingerprint density at radius 2 is 2.16 bits per heavy atom. The highest BCUT2D eigenvalue weighted by molar-refractivity contribution is 9.10. The Labute approximate surface area is 151 Å². The summed E-state index contributed by atoms with van der Waals surface area (Å²) in [4.78, 5) is 4.38. The van der Waals surface area contributed by atoms with Gasteiger partial charge in [0.2, 0.25) is 6.36 Å². The van der Waals surface area contributed by atoms with Crippen LogP contribution in [0.2, 0.25) is 0 Å². The van der Waals surface area contributed by atoms with E-state index in [0.29, 0.717) is 28.0 Å². The van der Waals surface area contributed by atoms with Crippen molar-refractivity contribution >= 4 is 21.6 Å². The average molecular weight is 409 g/mol. The molecule has 0 spiro atoms. The number of ether oxygens (including phenoxy) is 1. The van der Waals surface area contributed by atoms with Crippen molar-refractivity contribution < 1.29 is 18.6 Å². The molecule has 0 amide bonds. The van der Waals surface area contributed by atoms with Gasteiger partial charge in [0, 0.05) is 30.7 Å². The van der Waals surface area contributed by atoms with Gasteiger partial charge in [0.15, 0.2) is 0 Å². The first-order valence-corrected chi connectivity index (χ1v) is 8.69. The Hall–Kier alpha value is -1.99. The standard InChI is InChI=1S/C18H15BrF2N2O2/c1-9(20)25-15-5-3-2-4-10(15)11-6-14(24)17-18(11)23-8-12(19)13(21)7-16(23)22-17/h2-5,7-9,11,14,24H,6H2,1H3. The van der Waals surface area contributed by atoms with Crippen molar-refractivity contribution in [1.29, 1.82) is 0 Å². The van der Waals surface area contributed by atoms with Gasteiger partial charge in [-0.25, -0.2) is 13.8 Å². The van der Waals surface area contributed by atoms with Crippen LogP contribution in [0.15, 0.2) is 41.0 Å². The summed E-state index contributed by atoms with van der Waals surface area (Å²) in [6, 6.07) is 8.48. The topological polar surface area (TPSA) is 46.8 Å². The van der Waals surface area contributed by atoms with E-state index in [2.05, 4.69) is 20.9 Å². The van der Waals surface area contributed by atoms with Crippen molar-refractivity contribution in [3.05, 3.63) is 63.8 Å². The maximum atomic E-state index is 13.8. The second-order valence-electron chi connectivity index (χ2n) is 6.08. The minimum Gasteiger partial charge on any atom is -0.460 e. The highest BCUT2D eigenvalue weighted by atomic mass is 79.9. The summed E-state index contributed by atoms with van der Waals surface area (Å²) in [5.74, 6) is -0.219. The predicted molar refractivity (Wildman–Crippen MR) is 91.9 cm³/mol. The van der Waals surface area contributed by atoms with Gasteiger partial charge in [-0.1, -0.05) is 18.2 Å². The third-order valence-electron chi connectivity index (χ3n) is 4.42. The fraction of sp³-hybridized carbons (Fsp3) is 0.278. The monoisotopic (exact) mass is 408 g/mol. The van der Waals surface area contributed by atoms with Crippen LogP contribution in [0, 0.1) is 5.82 Å². The Morgan fingerprint density at radius 3 is 2.92 bits per heavy atom. The van der Waals surface area contributed by atoms with E-state index in [1.165, 1.54) is 13.0 Å². The lowest BCUT2D eigenvalue weighted by Gasteiger charge is -2.18. The maximum absolute atomic E-state index is 13.8. The lowest BCUT2D eigenvalue weighted by atomic mass is 9.95.